The topological polar surface area (TPSA) is 73.9 Å². The van der Waals surface area contributed by atoms with Crippen LogP contribution in [0, 0.1) is 0 Å². The normalized spacial score (nSPS) is 11.2. The summed E-state index contributed by atoms with van der Waals surface area (Å²) in [4.78, 5) is 0.153. The monoisotopic (exact) mass is 429 g/mol. The first-order valence-corrected chi connectivity index (χ1v) is 9.73. The molecule has 2 rings (SSSR count). The van der Waals surface area contributed by atoms with Crippen molar-refractivity contribution in [3.63, 3.8) is 0 Å². The summed E-state index contributed by atoms with van der Waals surface area (Å²) in [6, 6.07) is 10.1. The molecule has 2 aromatic rings. The fourth-order valence-corrected chi connectivity index (χ4v) is 3.71. The summed E-state index contributed by atoms with van der Waals surface area (Å²) < 4.78 is 43.7. The van der Waals surface area contributed by atoms with Crippen LogP contribution in [0.5, 0.6) is 17.2 Å². The van der Waals surface area contributed by atoms with Crippen LogP contribution in [0.4, 0.5) is 0 Å². The third-order valence-electron chi connectivity index (χ3n) is 3.59. The number of halogens is 1. The summed E-state index contributed by atoms with van der Waals surface area (Å²) in [7, 11) is 1.00. The molecular weight excluding hydrogens is 410 g/mol. The van der Waals surface area contributed by atoms with Crippen molar-refractivity contribution in [2.45, 2.75) is 11.3 Å². The number of hydrogen-bond donors (Lipinski definition) is 1. The molecule has 0 atom stereocenters. The van der Waals surface area contributed by atoms with Gasteiger partial charge in [0.1, 0.15) is 5.75 Å². The summed E-state index contributed by atoms with van der Waals surface area (Å²) in [5.74, 6) is 1.71. The van der Waals surface area contributed by atoms with Gasteiger partial charge in [0.15, 0.2) is 11.5 Å². The summed E-state index contributed by atoms with van der Waals surface area (Å²) in [5.41, 5.74) is 0.939. The second-order valence-corrected chi connectivity index (χ2v) is 7.75. The molecule has 25 heavy (non-hydrogen) atoms. The van der Waals surface area contributed by atoms with Gasteiger partial charge in [-0.3, -0.25) is 0 Å². The number of benzene rings is 2. The van der Waals surface area contributed by atoms with Crippen LogP contribution in [0.2, 0.25) is 0 Å². The third-order valence-corrected chi connectivity index (χ3v) is 5.70. The summed E-state index contributed by atoms with van der Waals surface area (Å²) >= 11 is 3.30. The summed E-state index contributed by atoms with van der Waals surface area (Å²) in [6.45, 7) is 0.260. The van der Waals surface area contributed by atoms with Gasteiger partial charge in [-0.05, 0) is 52.2 Å². The van der Waals surface area contributed by atoms with Crippen LogP contribution in [0.25, 0.3) is 0 Å². The molecule has 2 aromatic carbocycles. The number of hydrogen-bond acceptors (Lipinski definition) is 5. The van der Waals surface area contributed by atoms with Gasteiger partial charge >= 0.3 is 0 Å². The van der Waals surface area contributed by atoms with Gasteiger partial charge < -0.3 is 14.2 Å². The van der Waals surface area contributed by atoms with Gasteiger partial charge in [-0.2, -0.15) is 0 Å². The Morgan fingerprint density at radius 2 is 1.60 bits per heavy atom. The average molecular weight is 430 g/mol. The molecule has 1 N–H and O–H groups in total. The van der Waals surface area contributed by atoms with Crippen molar-refractivity contribution in [1.82, 2.24) is 4.72 Å². The van der Waals surface area contributed by atoms with E-state index >= 15 is 0 Å². The van der Waals surface area contributed by atoms with E-state index < -0.39 is 10.0 Å². The lowest BCUT2D eigenvalue weighted by molar-refractivity contribution is 0.354. The van der Waals surface area contributed by atoms with Gasteiger partial charge in [-0.15, -0.1) is 0 Å². The predicted octanol–water partition coefficient (Wildman–Crippen LogP) is 3.00. The maximum absolute atomic E-state index is 12.4. The minimum Gasteiger partial charge on any atom is -0.496 e. The predicted molar refractivity (Wildman–Crippen MR) is 99.1 cm³/mol. The van der Waals surface area contributed by atoms with Crippen LogP contribution in [-0.4, -0.2) is 36.3 Å². The minimum atomic E-state index is -3.62. The van der Waals surface area contributed by atoms with Crippen molar-refractivity contribution in [2.24, 2.45) is 0 Å². The molecule has 8 heteroatoms. The van der Waals surface area contributed by atoms with Gasteiger partial charge in [0.05, 0.1) is 30.7 Å². The summed E-state index contributed by atoms with van der Waals surface area (Å²) in [5, 5.41) is 0. The Morgan fingerprint density at radius 3 is 2.24 bits per heavy atom. The third kappa shape index (κ3) is 4.87. The lowest BCUT2D eigenvalue weighted by Crippen LogP contribution is -2.26. The van der Waals surface area contributed by atoms with Crippen LogP contribution in [0.15, 0.2) is 45.8 Å². The maximum Gasteiger partial charge on any atom is 0.240 e. The fourth-order valence-electron chi connectivity index (χ4n) is 2.26. The van der Waals surface area contributed by atoms with Crippen LogP contribution < -0.4 is 18.9 Å². The average Bonchev–Trinajstić information content (AvgIpc) is 2.61. The number of rotatable bonds is 8. The van der Waals surface area contributed by atoms with Crippen molar-refractivity contribution in [3.05, 3.63) is 46.4 Å². The minimum absolute atomic E-state index is 0.153. The largest absolute Gasteiger partial charge is 0.496 e. The second kappa shape index (κ2) is 8.55. The maximum atomic E-state index is 12.4. The van der Waals surface area contributed by atoms with Crippen LogP contribution in [-0.2, 0) is 16.4 Å². The Kier molecular flexibility index (Phi) is 6.69. The van der Waals surface area contributed by atoms with E-state index in [0.29, 0.717) is 28.1 Å². The zero-order chi connectivity index (χ0) is 18.4. The number of nitrogens with one attached hydrogen (secondary N) is 1. The molecular formula is C17H20BrNO5S. The molecule has 0 aliphatic heterocycles. The van der Waals surface area contributed by atoms with E-state index in [9.17, 15) is 8.42 Å². The van der Waals surface area contributed by atoms with Crippen molar-refractivity contribution in [3.8, 4) is 17.2 Å². The number of methoxy groups -OCH3 is 3. The Bertz CT molecular complexity index is 839. The highest BCUT2D eigenvalue weighted by atomic mass is 79.9. The molecule has 0 bridgehead atoms. The molecule has 136 valence electrons. The Labute approximate surface area is 156 Å². The van der Waals surface area contributed by atoms with E-state index in [1.54, 1.807) is 26.4 Å². The van der Waals surface area contributed by atoms with E-state index in [1.165, 1.54) is 19.2 Å². The molecule has 0 saturated carbocycles. The molecule has 0 fully saturated rings. The quantitative estimate of drug-likeness (QED) is 0.697. The first kappa shape index (κ1) is 19.6. The molecule has 0 spiro atoms. The Hall–Kier alpha value is -1.77. The lowest BCUT2D eigenvalue weighted by Gasteiger charge is -2.11. The zero-order valence-electron chi connectivity index (χ0n) is 14.2. The van der Waals surface area contributed by atoms with Gasteiger partial charge in [-0.1, -0.05) is 6.07 Å². The van der Waals surface area contributed by atoms with Gasteiger partial charge in [-0.25, -0.2) is 13.1 Å². The Balaban J connectivity index is 2.05. The highest BCUT2D eigenvalue weighted by molar-refractivity contribution is 9.10. The summed E-state index contributed by atoms with van der Waals surface area (Å²) in [6.07, 6.45) is 0.521. The number of sulfonamides is 1. The number of ether oxygens (including phenoxy) is 3. The van der Waals surface area contributed by atoms with Crippen LogP contribution >= 0.6 is 15.9 Å². The first-order valence-electron chi connectivity index (χ1n) is 7.45. The van der Waals surface area contributed by atoms with Gasteiger partial charge in [0, 0.05) is 12.6 Å². The zero-order valence-corrected chi connectivity index (χ0v) is 16.6. The molecule has 0 aliphatic rings. The van der Waals surface area contributed by atoms with E-state index in [1.807, 2.05) is 12.1 Å². The second-order valence-electron chi connectivity index (χ2n) is 5.13. The molecule has 0 radical (unpaired) electrons. The molecule has 0 heterocycles. The molecule has 0 amide bonds. The molecule has 0 aliphatic carbocycles. The lowest BCUT2D eigenvalue weighted by atomic mass is 10.1. The SMILES string of the molecule is COc1cc(S(=O)(=O)NCCc2ccc(OC)c(OC)c2)ccc1Br. The Morgan fingerprint density at radius 1 is 0.920 bits per heavy atom. The highest BCUT2D eigenvalue weighted by Crippen LogP contribution is 2.28. The van der Waals surface area contributed by atoms with Gasteiger partial charge in [0.25, 0.3) is 0 Å². The van der Waals surface area contributed by atoms with E-state index in [0.717, 1.165) is 5.56 Å². The molecule has 0 saturated heterocycles. The van der Waals surface area contributed by atoms with E-state index in [2.05, 4.69) is 20.7 Å². The molecule has 6 nitrogen and oxygen atoms in total. The van der Waals surface area contributed by atoms with Gasteiger partial charge in [0.2, 0.25) is 10.0 Å². The molecule has 0 unspecified atom stereocenters. The van der Waals surface area contributed by atoms with Crippen LogP contribution in [0.3, 0.4) is 0 Å². The smallest absolute Gasteiger partial charge is 0.240 e. The first-order chi connectivity index (χ1) is 11.9. The molecule has 0 aromatic heterocycles. The van der Waals surface area contributed by atoms with Crippen molar-refractivity contribution in [2.75, 3.05) is 27.9 Å². The van der Waals surface area contributed by atoms with Crippen molar-refractivity contribution in [1.29, 1.82) is 0 Å². The van der Waals surface area contributed by atoms with Crippen molar-refractivity contribution < 1.29 is 22.6 Å². The van der Waals surface area contributed by atoms with Crippen molar-refractivity contribution >= 4 is 26.0 Å². The van der Waals surface area contributed by atoms with E-state index in [4.69, 9.17) is 14.2 Å². The van der Waals surface area contributed by atoms with E-state index in [-0.39, 0.29) is 11.4 Å². The fraction of sp³-hybridized carbons (Fsp3) is 0.294. The standard InChI is InChI=1S/C17H20BrNO5S/c1-22-15-7-4-12(10-17(15)24-3)8-9-19-25(20,21)13-5-6-14(18)16(11-13)23-2/h4-7,10-11,19H,8-9H2,1-3H3. The highest BCUT2D eigenvalue weighted by Gasteiger charge is 2.16. The van der Waals surface area contributed by atoms with Crippen LogP contribution in [0.1, 0.15) is 5.56 Å².